The van der Waals surface area contributed by atoms with Gasteiger partial charge in [-0.15, -0.1) is 23.2 Å². The van der Waals surface area contributed by atoms with E-state index in [-0.39, 0.29) is 61.7 Å². The predicted octanol–water partition coefficient (Wildman–Crippen LogP) is 10.0. The molecule has 0 spiro atoms. The van der Waals surface area contributed by atoms with Crippen molar-refractivity contribution in [2.45, 2.75) is 217 Å². The second kappa shape index (κ2) is 41.1. The molecule has 2 unspecified atom stereocenters. The van der Waals surface area contributed by atoms with E-state index in [4.69, 9.17) is 23.2 Å². The van der Waals surface area contributed by atoms with E-state index in [2.05, 4.69) is 13.8 Å². The molecule has 252 valence electrons. The van der Waals surface area contributed by atoms with Crippen LogP contribution in [0, 0.1) is 0 Å². The first kappa shape index (κ1) is 48.5. The molecule has 0 amide bonds. The van der Waals surface area contributed by atoms with E-state index in [0.717, 1.165) is 38.5 Å². The van der Waals surface area contributed by atoms with E-state index in [1.165, 1.54) is 141 Å². The molecule has 0 saturated carbocycles. The van der Waals surface area contributed by atoms with Crippen molar-refractivity contribution in [2.75, 3.05) is 0 Å². The largest absolute Gasteiger partial charge is 2.00 e. The first-order valence-corrected chi connectivity index (χ1v) is 18.9. The molecule has 0 aliphatic carbocycles. The van der Waals surface area contributed by atoms with Crippen LogP contribution in [0.2, 0.25) is 0 Å². The van der Waals surface area contributed by atoms with Crippen molar-refractivity contribution in [1.29, 1.82) is 0 Å². The Kier molecular flexibility index (Phi) is 46.4. The van der Waals surface area contributed by atoms with E-state index >= 15 is 0 Å². The average Bonchev–Trinajstić information content (AvgIpc) is 2.97. The van der Waals surface area contributed by atoms with Crippen LogP contribution in [0.5, 0.6) is 0 Å². The zero-order valence-corrected chi connectivity index (χ0v) is 34.4. The molecule has 0 rings (SSSR count). The second-order valence-electron chi connectivity index (χ2n) is 12.3. The number of carbonyl (C=O) groups excluding carboxylic acids is 2. The Morgan fingerprint density at radius 3 is 0.791 bits per heavy atom. The van der Waals surface area contributed by atoms with Gasteiger partial charge >= 0.3 is 48.9 Å². The molecule has 2 atom stereocenters. The number of hydrogen-bond acceptors (Lipinski definition) is 4. The normalized spacial score (nSPS) is 12.2. The zero-order chi connectivity index (χ0) is 31.5. The first-order valence-electron chi connectivity index (χ1n) is 18.0. The number of carbonyl (C=O) groups is 2. The molecule has 0 bridgehead atoms. The van der Waals surface area contributed by atoms with Gasteiger partial charge in [-0.05, 0) is 51.4 Å². The van der Waals surface area contributed by atoms with Crippen LogP contribution in [0.25, 0.3) is 0 Å². The number of rotatable bonds is 32. The zero-order valence-electron chi connectivity index (χ0n) is 28.5. The maximum atomic E-state index is 10.2. The number of alkyl halides is 2. The summed E-state index contributed by atoms with van der Waals surface area (Å²) < 4.78 is 0. The average molecular weight is 773 g/mol. The van der Waals surface area contributed by atoms with Crippen LogP contribution in [-0.4, -0.2) is 71.6 Å². The Hall–Kier alpha value is 1.09. The molecule has 0 aromatic rings. The Bertz CT molecular complexity index is 517. The molecule has 43 heavy (non-hydrogen) atoms. The summed E-state index contributed by atoms with van der Waals surface area (Å²) in [5.41, 5.74) is 0. The minimum absolute atomic E-state index is 0. The van der Waals surface area contributed by atoms with Crippen LogP contribution >= 0.6 is 23.2 Å². The van der Waals surface area contributed by atoms with Gasteiger partial charge in [0, 0.05) is 22.7 Å². The van der Waals surface area contributed by atoms with Crippen molar-refractivity contribution < 1.29 is 19.8 Å². The molecule has 0 radical (unpaired) electrons. The SMILES string of the molecule is CCC(Cl)CCCCCCCCCCCCCCC(=O)[O-].CCC(Cl)CCCCCCCCCCCCCCC(=O)[O-].[Ba+2]. The maximum Gasteiger partial charge on any atom is 2.00 e. The summed E-state index contributed by atoms with van der Waals surface area (Å²) in [5.74, 6) is -1.82. The predicted molar refractivity (Wildman–Crippen MR) is 185 cm³/mol. The molecule has 0 aliphatic rings. The molecule has 0 aromatic heterocycles. The van der Waals surface area contributed by atoms with E-state index in [9.17, 15) is 19.8 Å². The molecule has 0 aliphatic heterocycles. The fourth-order valence-electron chi connectivity index (χ4n) is 5.21. The van der Waals surface area contributed by atoms with Crippen molar-refractivity contribution in [3.8, 4) is 0 Å². The van der Waals surface area contributed by atoms with Crippen molar-refractivity contribution in [2.24, 2.45) is 0 Å². The number of hydrogen-bond donors (Lipinski definition) is 0. The van der Waals surface area contributed by atoms with Crippen molar-refractivity contribution in [1.82, 2.24) is 0 Å². The molecule has 0 N–H and O–H groups in total. The van der Waals surface area contributed by atoms with Crippen LogP contribution in [0.1, 0.15) is 206 Å². The maximum absolute atomic E-state index is 10.2. The van der Waals surface area contributed by atoms with Gasteiger partial charge in [-0.1, -0.05) is 155 Å². The Balaban J connectivity index is -0.000000727. The minimum atomic E-state index is -0.911. The van der Waals surface area contributed by atoms with Crippen molar-refractivity contribution >= 4 is 84.0 Å². The molecule has 0 saturated heterocycles. The fraction of sp³-hybridized carbons (Fsp3) is 0.944. The van der Waals surface area contributed by atoms with Crippen molar-refractivity contribution in [3.63, 3.8) is 0 Å². The summed E-state index contributed by atoms with van der Waals surface area (Å²) in [6.07, 6.45) is 34.9. The summed E-state index contributed by atoms with van der Waals surface area (Å²) in [5, 5.41) is 21.2. The molecule has 0 fully saturated rings. The number of aliphatic carboxylic acids is 2. The van der Waals surface area contributed by atoms with E-state index in [1.807, 2.05) is 0 Å². The number of halogens is 2. The summed E-state index contributed by atoms with van der Waals surface area (Å²) in [7, 11) is 0. The molecule has 0 heterocycles. The van der Waals surface area contributed by atoms with Gasteiger partial charge in [0.25, 0.3) is 0 Å². The summed E-state index contributed by atoms with van der Waals surface area (Å²) in [4.78, 5) is 20.5. The van der Waals surface area contributed by atoms with Gasteiger partial charge in [0.05, 0.1) is 0 Å². The summed E-state index contributed by atoms with van der Waals surface area (Å²) in [6.45, 7) is 4.31. The third-order valence-electron chi connectivity index (χ3n) is 8.18. The van der Waals surface area contributed by atoms with E-state index in [0.29, 0.717) is 10.8 Å². The van der Waals surface area contributed by atoms with E-state index < -0.39 is 11.9 Å². The topological polar surface area (TPSA) is 80.3 Å². The van der Waals surface area contributed by atoms with Gasteiger partial charge in [0.2, 0.25) is 0 Å². The first-order chi connectivity index (χ1) is 20.3. The molecule has 7 heteroatoms. The van der Waals surface area contributed by atoms with Crippen LogP contribution < -0.4 is 10.2 Å². The Labute approximate surface area is 318 Å². The molecule has 4 nitrogen and oxygen atoms in total. The molecular formula is C36H68BaCl2O4. The summed E-state index contributed by atoms with van der Waals surface area (Å²) >= 11 is 12.2. The van der Waals surface area contributed by atoms with Gasteiger partial charge in [-0.25, -0.2) is 0 Å². The molecular weight excluding hydrogens is 705 g/mol. The Morgan fingerprint density at radius 2 is 0.605 bits per heavy atom. The van der Waals surface area contributed by atoms with Gasteiger partial charge < -0.3 is 19.8 Å². The van der Waals surface area contributed by atoms with Crippen LogP contribution in [-0.2, 0) is 9.59 Å². The van der Waals surface area contributed by atoms with Gasteiger partial charge in [0.1, 0.15) is 0 Å². The van der Waals surface area contributed by atoms with Gasteiger partial charge in [-0.2, -0.15) is 0 Å². The third-order valence-corrected chi connectivity index (χ3v) is 9.24. The fourth-order valence-corrected chi connectivity index (χ4v) is 5.52. The Morgan fingerprint density at radius 1 is 0.419 bits per heavy atom. The third kappa shape index (κ3) is 47.6. The summed E-state index contributed by atoms with van der Waals surface area (Å²) in [6, 6.07) is 0. The monoisotopic (exact) mass is 772 g/mol. The van der Waals surface area contributed by atoms with Crippen LogP contribution in [0.4, 0.5) is 0 Å². The van der Waals surface area contributed by atoms with Crippen LogP contribution in [0.15, 0.2) is 0 Å². The smallest absolute Gasteiger partial charge is 0.550 e. The number of carboxylic acid groups (broad SMARTS) is 2. The van der Waals surface area contributed by atoms with Crippen molar-refractivity contribution in [3.05, 3.63) is 0 Å². The van der Waals surface area contributed by atoms with Gasteiger partial charge in [-0.3, -0.25) is 0 Å². The second-order valence-corrected chi connectivity index (χ2v) is 13.6. The van der Waals surface area contributed by atoms with Crippen LogP contribution in [0.3, 0.4) is 0 Å². The number of carboxylic acids is 2. The van der Waals surface area contributed by atoms with E-state index in [1.54, 1.807) is 0 Å². The minimum Gasteiger partial charge on any atom is -0.550 e. The molecule has 0 aromatic carbocycles. The standard InChI is InChI=1S/2C18H35ClO2.Ba/c2*1-2-17(19)15-13-11-9-7-5-3-4-6-8-10-12-14-16-18(20)21;/h2*17H,2-16H2,1H3,(H,20,21);/q;;+2/p-2. The van der Waals surface area contributed by atoms with Gasteiger partial charge in [0.15, 0.2) is 0 Å². The quantitative estimate of drug-likeness (QED) is 0.0388. The number of unbranched alkanes of at least 4 members (excludes halogenated alkanes) is 22.